The fourth-order valence-electron chi connectivity index (χ4n) is 5.21. The number of hydrogen-bond donors (Lipinski definition) is 2. The van der Waals surface area contributed by atoms with Crippen molar-refractivity contribution in [3.05, 3.63) is 35.9 Å². The van der Waals surface area contributed by atoms with Crippen LogP contribution in [0.1, 0.15) is 44.1 Å². The Kier molecular flexibility index (Phi) is 4.98. The molecule has 1 saturated heterocycles. The van der Waals surface area contributed by atoms with Gasteiger partial charge in [0, 0.05) is 31.6 Å². The third-order valence-electron chi connectivity index (χ3n) is 6.49. The molecule has 0 spiro atoms. The van der Waals surface area contributed by atoms with E-state index in [-0.39, 0.29) is 29.8 Å². The summed E-state index contributed by atoms with van der Waals surface area (Å²) in [6.45, 7) is 1.12. The third-order valence-corrected chi connectivity index (χ3v) is 6.49. The molecule has 1 aliphatic heterocycles. The van der Waals surface area contributed by atoms with E-state index in [4.69, 9.17) is 5.73 Å². The molecule has 3 aliphatic rings. The minimum atomic E-state index is -0.220. The average Bonchev–Trinajstić information content (AvgIpc) is 2.97. The molecule has 2 saturated carbocycles. The zero-order chi connectivity index (χ0) is 18.1. The van der Waals surface area contributed by atoms with Gasteiger partial charge in [0.05, 0.1) is 5.92 Å². The first-order chi connectivity index (χ1) is 12.6. The first-order valence-electron chi connectivity index (χ1n) is 9.98. The van der Waals surface area contributed by atoms with E-state index in [2.05, 4.69) is 5.32 Å². The van der Waals surface area contributed by atoms with Crippen molar-refractivity contribution in [2.24, 2.45) is 23.5 Å². The van der Waals surface area contributed by atoms with E-state index in [0.717, 1.165) is 18.4 Å². The van der Waals surface area contributed by atoms with Crippen LogP contribution in [-0.2, 0) is 16.1 Å². The van der Waals surface area contributed by atoms with Crippen molar-refractivity contribution in [1.29, 1.82) is 0 Å². The standard InChI is InChI=1S/C21H29N3O2/c22-18-9-15-7-4-8-16(10-18)20(15)23-21(26)17-11-19(25)24(13-17)12-14-5-2-1-3-6-14/h1-3,5-6,15-18,20H,4,7-13,22H2,(H,23,26). The summed E-state index contributed by atoms with van der Waals surface area (Å²) in [4.78, 5) is 27.0. The van der Waals surface area contributed by atoms with Gasteiger partial charge in [-0.1, -0.05) is 36.8 Å². The lowest BCUT2D eigenvalue weighted by molar-refractivity contribution is -0.130. The highest BCUT2D eigenvalue weighted by molar-refractivity contribution is 5.89. The van der Waals surface area contributed by atoms with E-state index in [1.807, 2.05) is 35.2 Å². The molecule has 3 N–H and O–H groups in total. The van der Waals surface area contributed by atoms with Crippen molar-refractivity contribution in [2.45, 2.75) is 57.2 Å². The van der Waals surface area contributed by atoms with E-state index in [1.54, 1.807) is 0 Å². The minimum Gasteiger partial charge on any atom is -0.353 e. The molecule has 2 bridgehead atoms. The van der Waals surface area contributed by atoms with Crippen LogP contribution >= 0.6 is 0 Å². The van der Waals surface area contributed by atoms with Gasteiger partial charge < -0.3 is 16.0 Å². The Hall–Kier alpha value is -1.88. The number of rotatable bonds is 4. The highest BCUT2D eigenvalue weighted by atomic mass is 16.2. The fraction of sp³-hybridized carbons (Fsp3) is 0.619. The summed E-state index contributed by atoms with van der Waals surface area (Å²) in [5.74, 6) is 0.951. The van der Waals surface area contributed by atoms with Gasteiger partial charge in [-0.2, -0.15) is 0 Å². The topological polar surface area (TPSA) is 75.4 Å². The maximum absolute atomic E-state index is 12.8. The van der Waals surface area contributed by atoms with Crippen LogP contribution in [0.4, 0.5) is 0 Å². The van der Waals surface area contributed by atoms with E-state index in [0.29, 0.717) is 31.3 Å². The van der Waals surface area contributed by atoms with Gasteiger partial charge in [0.15, 0.2) is 0 Å². The van der Waals surface area contributed by atoms with Gasteiger partial charge in [0.1, 0.15) is 0 Å². The largest absolute Gasteiger partial charge is 0.353 e. The molecule has 26 heavy (non-hydrogen) atoms. The Morgan fingerprint density at radius 2 is 1.85 bits per heavy atom. The second-order valence-corrected chi connectivity index (χ2v) is 8.38. The smallest absolute Gasteiger partial charge is 0.225 e. The van der Waals surface area contributed by atoms with Crippen LogP contribution in [0.2, 0.25) is 0 Å². The average molecular weight is 355 g/mol. The first kappa shape index (κ1) is 17.5. The lowest BCUT2D eigenvalue weighted by atomic mass is 9.67. The molecule has 140 valence electrons. The SMILES string of the molecule is NC1CC2CCCC(C1)C2NC(=O)C1CC(=O)N(Cc2ccccc2)C1. The summed E-state index contributed by atoms with van der Waals surface area (Å²) in [5.41, 5.74) is 7.29. The molecule has 1 aromatic rings. The molecule has 0 aromatic heterocycles. The van der Waals surface area contributed by atoms with Crippen molar-refractivity contribution >= 4 is 11.8 Å². The number of hydrogen-bond acceptors (Lipinski definition) is 3. The lowest BCUT2D eigenvalue weighted by Crippen LogP contribution is -2.54. The highest BCUT2D eigenvalue weighted by Gasteiger charge is 2.42. The molecule has 1 heterocycles. The number of benzene rings is 1. The molecule has 4 rings (SSSR count). The van der Waals surface area contributed by atoms with Gasteiger partial charge >= 0.3 is 0 Å². The number of nitrogens with two attached hydrogens (primary N) is 1. The van der Waals surface area contributed by atoms with E-state index >= 15 is 0 Å². The van der Waals surface area contributed by atoms with Crippen LogP contribution < -0.4 is 11.1 Å². The van der Waals surface area contributed by atoms with Crippen molar-refractivity contribution < 1.29 is 9.59 Å². The zero-order valence-corrected chi connectivity index (χ0v) is 15.3. The molecule has 2 aliphatic carbocycles. The van der Waals surface area contributed by atoms with Crippen LogP contribution in [0.15, 0.2) is 30.3 Å². The van der Waals surface area contributed by atoms with Crippen molar-refractivity contribution in [3.63, 3.8) is 0 Å². The summed E-state index contributed by atoms with van der Waals surface area (Å²) in [5, 5.41) is 3.31. The summed E-state index contributed by atoms with van der Waals surface area (Å²) in [7, 11) is 0. The number of carbonyl (C=O) groups is 2. The molecule has 5 heteroatoms. The predicted octanol–water partition coefficient (Wildman–Crippen LogP) is 2.06. The van der Waals surface area contributed by atoms with Gasteiger partial charge in [-0.25, -0.2) is 0 Å². The molecule has 3 atom stereocenters. The fourth-order valence-corrected chi connectivity index (χ4v) is 5.21. The van der Waals surface area contributed by atoms with Gasteiger partial charge in [-0.3, -0.25) is 9.59 Å². The Morgan fingerprint density at radius 1 is 1.15 bits per heavy atom. The van der Waals surface area contributed by atoms with Crippen molar-refractivity contribution in [3.8, 4) is 0 Å². The van der Waals surface area contributed by atoms with Crippen molar-refractivity contribution in [2.75, 3.05) is 6.54 Å². The van der Waals surface area contributed by atoms with Crippen LogP contribution in [0.25, 0.3) is 0 Å². The molecule has 5 nitrogen and oxygen atoms in total. The van der Waals surface area contributed by atoms with Gasteiger partial charge in [-0.05, 0) is 43.1 Å². The minimum absolute atomic E-state index is 0.0614. The number of fused-ring (bicyclic) bond motifs is 2. The third kappa shape index (κ3) is 3.63. The number of likely N-dealkylation sites (tertiary alicyclic amines) is 1. The van der Waals surface area contributed by atoms with Gasteiger partial charge in [0.25, 0.3) is 0 Å². The second kappa shape index (κ2) is 7.39. The second-order valence-electron chi connectivity index (χ2n) is 8.38. The summed E-state index contributed by atoms with van der Waals surface area (Å²) < 4.78 is 0. The van der Waals surface area contributed by atoms with Gasteiger partial charge in [0.2, 0.25) is 11.8 Å². The molecule has 3 fully saturated rings. The number of nitrogens with one attached hydrogen (secondary N) is 1. The van der Waals surface area contributed by atoms with E-state index < -0.39 is 0 Å². The maximum atomic E-state index is 12.8. The maximum Gasteiger partial charge on any atom is 0.225 e. The Bertz CT molecular complexity index is 648. The van der Waals surface area contributed by atoms with Crippen LogP contribution in [-0.4, -0.2) is 35.3 Å². The quantitative estimate of drug-likeness (QED) is 0.868. The monoisotopic (exact) mass is 355 g/mol. The molecule has 1 aromatic carbocycles. The molecular weight excluding hydrogens is 326 g/mol. The zero-order valence-electron chi connectivity index (χ0n) is 15.3. The van der Waals surface area contributed by atoms with Crippen LogP contribution in [0.5, 0.6) is 0 Å². The summed E-state index contributed by atoms with van der Waals surface area (Å²) >= 11 is 0. The van der Waals surface area contributed by atoms with E-state index in [9.17, 15) is 9.59 Å². The number of amides is 2. The predicted molar refractivity (Wildman–Crippen MR) is 99.9 cm³/mol. The Labute approximate surface area is 155 Å². The molecule has 0 radical (unpaired) electrons. The summed E-state index contributed by atoms with van der Waals surface area (Å²) in [6.07, 6.45) is 5.95. The number of carbonyl (C=O) groups excluding carboxylic acids is 2. The molecule has 2 amide bonds. The van der Waals surface area contributed by atoms with E-state index in [1.165, 1.54) is 19.3 Å². The highest BCUT2D eigenvalue weighted by Crippen LogP contribution is 2.40. The normalized spacial score (nSPS) is 34.0. The van der Waals surface area contributed by atoms with Gasteiger partial charge in [-0.15, -0.1) is 0 Å². The van der Waals surface area contributed by atoms with Crippen LogP contribution in [0.3, 0.4) is 0 Å². The summed E-state index contributed by atoms with van der Waals surface area (Å²) in [6, 6.07) is 10.5. The first-order valence-corrected chi connectivity index (χ1v) is 9.98. The molecule has 3 unspecified atom stereocenters. The Morgan fingerprint density at radius 3 is 2.54 bits per heavy atom. The lowest BCUT2D eigenvalue weighted by Gasteiger charge is -2.45. The number of nitrogens with zero attached hydrogens (tertiary/aromatic N) is 1. The Balaban J connectivity index is 1.36. The van der Waals surface area contributed by atoms with Crippen LogP contribution in [0, 0.1) is 17.8 Å². The van der Waals surface area contributed by atoms with Crippen molar-refractivity contribution in [1.82, 2.24) is 10.2 Å². The molecular formula is C21H29N3O2.